The van der Waals surface area contributed by atoms with Crippen molar-refractivity contribution >= 4 is 11.8 Å². The first kappa shape index (κ1) is 30.8. The van der Waals surface area contributed by atoms with Gasteiger partial charge in [0.15, 0.2) is 11.6 Å². The third-order valence-corrected chi connectivity index (χ3v) is 7.09. The van der Waals surface area contributed by atoms with Gasteiger partial charge < -0.3 is 20.1 Å². The molecule has 3 heterocycles. The summed E-state index contributed by atoms with van der Waals surface area (Å²) < 4.78 is 39.5. The molecule has 1 unspecified atom stereocenters. The van der Waals surface area contributed by atoms with Crippen LogP contribution in [-0.2, 0) is 16.0 Å². The van der Waals surface area contributed by atoms with E-state index < -0.39 is 17.7 Å². The number of hydrogen-bond donors (Lipinski definition) is 2. The summed E-state index contributed by atoms with van der Waals surface area (Å²) in [6.45, 7) is 6.62. The number of benzene rings is 2. The Bertz CT molecular complexity index is 1460. The van der Waals surface area contributed by atoms with Crippen LogP contribution in [-0.4, -0.2) is 77.6 Å². The van der Waals surface area contributed by atoms with Crippen molar-refractivity contribution in [3.63, 3.8) is 0 Å². The van der Waals surface area contributed by atoms with Gasteiger partial charge in [0.05, 0.1) is 31.6 Å². The number of carbonyl (C=O) groups excluding carboxylic acids is 1. The van der Waals surface area contributed by atoms with E-state index in [0.717, 1.165) is 54.1 Å². The number of rotatable bonds is 10. The third kappa shape index (κ3) is 7.78. The SMILES string of the molecule is COCCN1CCC(c2ccc(F)c(F)c2)C1.COCCn1cc(-c2nn(-c3ccccc3)c(NC(N)=O)c2C)cn1. The maximum atomic E-state index is 13.1. The lowest BCUT2D eigenvalue weighted by molar-refractivity contribution is 0.160. The van der Waals surface area contributed by atoms with Crippen LogP contribution in [0.15, 0.2) is 60.9 Å². The number of ether oxygens (including phenoxy) is 2. The molecule has 42 heavy (non-hydrogen) atoms. The number of aromatic nitrogens is 4. The molecule has 224 valence electrons. The van der Waals surface area contributed by atoms with Crippen LogP contribution in [0, 0.1) is 18.6 Å². The molecule has 5 rings (SSSR count). The number of nitrogens with one attached hydrogen (secondary N) is 1. The van der Waals surface area contributed by atoms with Crippen LogP contribution in [0.1, 0.15) is 23.5 Å². The van der Waals surface area contributed by atoms with Gasteiger partial charge in [-0.2, -0.15) is 10.2 Å². The first-order valence-electron chi connectivity index (χ1n) is 13.7. The molecule has 0 radical (unpaired) electrons. The monoisotopic (exact) mass is 581 g/mol. The number of hydrogen-bond acceptors (Lipinski definition) is 6. The van der Waals surface area contributed by atoms with Crippen LogP contribution in [0.2, 0.25) is 0 Å². The molecule has 3 N–H and O–H groups in total. The Morgan fingerprint density at radius 3 is 2.50 bits per heavy atom. The molecular weight excluding hydrogens is 544 g/mol. The Labute approximate surface area is 244 Å². The molecular formula is C30H37F2N7O3. The second kappa shape index (κ2) is 14.7. The number of primary amides is 1. The minimum Gasteiger partial charge on any atom is -0.383 e. The first-order valence-corrected chi connectivity index (χ1v) is 13.7. The van der Waals surface area contributed by atoms with Crippen LogP contribution < -0.4 is 11.1 Å². The Kier molecular flexibility index (Phi) is 10.8. The van der Waals surface area contributed by atoms with E-state index in [0.29, 0.717) is 31.5 Å². The Hall–Kier alpha value is -4.13. The average Bonchev–Trinajstić information content (AvgIpc) is 3.73. The number of nitrogens with two attached hydrogens (primary N) is 1. The molecule has 1 aliphatic rings. The number of amides is 2. The van der Waals surface area contributed by atoms with Crippen LogP contribution >= 0.6 is 0 Å². The Morgan fingerprint density at radius 2 is 1.81 bits per heavy atom. The van der Waals surface area contributed by atoms with E-state index in [1.165, 1.54) is 12.1 Å². The lowest BCUT2D eigenvalue weighted by Gasteiger charge is -2.15. The van der Waals surface area contributed by atoms with Crippen molar-refractivity contribution in [2.45, 2.75) is 25.8 Å². The molecule has 1 fully saturated rings. The zero-order valence-electron chi connectivity index (χ0n) is 24.1. The van der Waals surface area contributed by atoms with E-state index in [2.05, 4.69) is 20.4 Å². The summed E-state index contributed by atoms with van der Waals surface area (Å²) in [5.74, 6) is -0.680. The number of nitrogens with zero attached hydrogens (tertiary/aromatic N) is 5. The highest BCUT2D eigenvalue weighted by molar-refractivity contribution is 5.89. The van der Waals surface area contributed by atoms with E-state index in [9.17, 15) is 13.6 Å². The quantitative estimate of drug-likeness (QED) is 0.284. The maximum Gasteiger partial charge on any atom is 0.317 e. The van der Waals surface area contributed by atoms with Gasteiger partial charge in [-0.15, -0.1) is 0 Å². The van der Waals surface area contributed by atoms with Gasteiger partial charge in [0, 0.05) is 44.6 Å². The molecule has 2 amide bonds. The largest absolute Gasteiger partial charge is 0.383 e. The molecule has 4 aromatic rings. The predicted molar refractivity (Wildman–Crippen MR) is 157 cm³/mol. The molecule has 0 bridgehead atoms. The molecule has 0 aliphatic carbocycles. The molecule has 10 nitrogen and oxygen atoms in total. The van der Waals surface area contributed by atoms with E-state index >= 15 is 0 Å². The standard InChI is InChI=1S/C17H20N6O2.C13H17F2NO/c1-12-15(13-10-19-22(11-13)8-9-25-2)21-23(16(12)20-17(18)24)14-6-4-3-5-7-14;1-17-7-6-16-5-4-11(9-16)10-2-3-12(14)13(15)8-10/h3-7,10-11H,8-9H2,1-2H3,(H3,18,20,24);2-3,8,11H,4-7,9H2,1H3. The Balaban J connectivity index is 0.000000208. The summed E-state index contributed by atoms with van der Waals surface area (Å²) in [5, 5.41) is 11.6. The van der Waals surface area contributed by atoms with Crippen molar-refractivity contribution < 1.29 is 23.0 Å². The van der Waals surface area contributed by atoms with Gasteiger partial charge in [0.1, 0.15) is 11.5 Å². The first-order chi connectivity index (χ1) is 20.3. The third-order valence-electron chi connectivity index (χ3n) is 7.09. The molecule has 1 saturated heterocycles. The van der Waals surface area contributed by atoms with Crippen molar-refractivity contribution in [3.05, 3.63) is 83.7 Å². The van der Waals surface area contributed by atoms with Crippen molar-refractivity contribution in [2.24, 2.45) is 5.73 Å². The summed E-state index contributed by atoms with van der Waals surface area (Å²) in [6, 6.07) is 13.1. The topological polar surface area (TPSA) is 112 Å². The zero-order valence-corrected chi connectivity index (χ0v) is 24.1. The lowest BCUT2D eigenvalue weighted by Crippen LogP contribution is -2.24. The molecule has 12 heteroatoms. The second-order valence-corrected chi connectivity index (χ2v) is 10.00. The summed E-state index contributed by atoms with van der Waals surface area (Å²) in [4.78, 5) is 13.7. The minimum absolute atomic E-state index is 0.307. The summed E-state index contributed by atoms with van der Waals surface area (Å²) in [6.07, 6.45) is 4.64. The predicted octanol–water partition coefficient (Wildman–Crippen LogP) is 4.58. The number of anilines is 1. The number of carbonyl (C=O) groups is 1. The van der Waals surface area contributed by atoms with Crippen molar-refractivity contribution in [3.8, 4) is 16.9 Å². The molecule has 2 aromatic carbocycles. The van der Waals surface area contributed by atoms with Gasteiger partial charge in [-0.25, -0.2) is 18.3 Å². The van der Waals surface area contributed by atoms with Gasteiger partial charge in [-0.1, -0.05) is 24.3 Å². The second-order valence-electron chi connectivity index (χ2n) is 10.00. The van der Waals surface area contributed by atoms with Gasteiger partial charge in [0.25, 0.3) is 0 Å². The van der Waals surface area contributed by atoms with E-state index in [4.69, 9.17) is 15.2 Å². The molecule has 0 saturated carbocycles. The molecule has 1 atom stereocenters. The summed E-state index contributed by atoms with van der Waals surface area (Å²) in [7, 11) is 3.33. The fraction of sp³-hybridized carbons (Fsp3) is 0.367. The number of urea groups is 1. The van der Waals surface area contributed by atoms with Crippen molar-refractivity contribution in [1.82, 2.24) is 24.5 Å². The fourth-order valence-corrected chi connectivity index (χ4v) is 4.88. The van der Waals surface area contributed by atoms with Gasteiger partial charge in [-0.05, 0) is 55.6 Å². The normalized spacial score (nSPS) is 14.9. The number of para-hydroxylation sites is 1. The highest BCUT2D eigenvalue weighted by Crippen LogP contribution is 2.30. The number of halogens is 2. The van der Waals surface area contributed by atoms with Gasteiger partial charge in [0.2, 0.25) is 0 Å². The van der Waals surface area contributed by atoms with Crippen molar-refractivity contribution in [2.75, 3.05) is 52.4 Å². The van der Waals surface area contributed by atoms with Crippen LogP contribution in [0.4, 0.5) is 19.4 Å². The number of methoxy groups -OCH3 is 2. The summed E-state index contributed by atoms with van der Waals surface area (Å²) in [5.41, 5.74) is 9.45. The highest BCUT2D eigenvalue weighted by Gasteiger charge is 2.24. The summed E-state index contributed by atoms with van der Waals surface area (Å²) >= 11 is 0. The minimum atomic E-state index is -0.775. The molecule has 2 aromatic heterocycles. The van der Waals surface area contributed by atoms with E-state index in [1.807, 2.05) is 43.5 Å². The number of likely N-dealkylation sites (tertiary alicyclic amines) is 1. The van der Waals surface area contributed by atoms with Crippen molar-refractivity contribution in [1.29, 1.82) is 0 Å². The molecule has 0 spiro atoms. The zero-order chi connectivity index (χ0) is 30.1. The lowest BCUT2D eigenvalue weighted by atomic mass is 9.98. The van der Waals surface area contributed by atoms with E-state index in [-0.39, 0.29) is 0 Å². The van der Waals surface area contributed by atoms with Gasteiger partial charge in [-0.3, -0.25) is 10.00 Å². The van der Waals surface area contributed by atoms with E-state index in [1.54, 1.807) is 35.8 Å². The smallest absolute Gasteiger partial charge is 0.317 e. The van der Waals surface area contributed by atoms with Crippen LogP contribution in [0.5, 0.6) is 0 Å². The average molecular weight is 582 g/mol. The van der Waals surface area contributed by atoms with Crippen LogP contribution in [0.25, 0.3) is 16.9 Å². The van der Waals surface area contributed by atoms with Crippen LogP contribution in [0.3, 0.4) is 0 Å². The molecule has 1 aliphatic heterocycles. The fourth-order valence-electron chi connectivity index (χ4n) is 4.88. The maximum absolute atomic E-state index is 13.1. The highest BCUT2D eigenvalue weighted by atomic mass is 19.2. The van der Waals surface area contributed by atoms with Gasteiger partial charge >= 0.3 is 6.03 Å². The Morgan fingerprint density at radius 1 is 1.07 bits per heavy atom.